The Kier molecular flexibility index (Phi) is 51.3. The summed E-state index contributed by atoms with van der Waals surface area (Å²) >= 11 is 0. The van der Waals surface area contributed by atoms with E-state index in [4.69, 9.17) is 14.2 Å². The van der Waals surface area contributed by atoms with Gasteiger partial charge in [-0.3, -0.25) is 14.4 Å². The van der Waals surface area contributed by atoms with Gasteiger partial charge in [0.15, 0.2) is 6.10 Å². The third-order valence-electron chi connectivity index (χ3n) is 12.0. The Morgan fingerprint density at radius 1 is 0.308 bits per heavy atom. The molecule has 0 bridgehead atoms. The van der Waals surface area contributed by atoms with Crippen molar-refractivity contribution < 1.29 is 28.6 Å². The molecule has 0 saturated carbocycles. The molecule has 0 heterocycles. The van der Waals surface area contributed by atoms with Crippen molar-refractivity contribution in [1.29, 1.82) is 0 Å². The van der Waals surface area contributed by atoms with E-state index in [1.807, 2.05) is 0 Å². The van der Waals surface area contributed by atoms with E-state index in [0.717, 1.165) is 96.3 Å². The van der Waals surface area contributed by atoms with Gasteiger partial charge in [-0.2, -0.15) is 0 Å². The van der Waals surface area contributed by atoms with Gasteiger partial charge in [0.2, 0.25) is 0 Å². The molecule has 0 N–H and O–H groups in total. The van der Waals surface area contributed by atoms with Gasteiger partial charge in [0.25, 0.3) is 0 Å². The van der Waals surface area contributed by atoms with Crippen molar-refractivity contribution in [3.63, 3.8) is 0 Å². The van der Waals surface area contributed by atoms with E-state index in [1.165, 1.54) is 141 Å². The molecule has 65 heavy (non-hydrogen) atoms. The number of unbranched alkanes of at least 4 members (excludes halogenated alkanes) is 29. The molecule has 0 rings (SSSR count). The number of carbonyl (C=O) groups is 3. The van der Waals surface area contributed by atoms with E-state index in [9.17, 15) is 14.4 Å². The molecule has 0 unspecified atom stereocenters. The Labute approximate surface area is 402 Å². The summed E-state index contributed by atoms with van der Waals surface area (Å²) in [5.41, 5.74) is 0. The largest absolute Gasteiger partial charge is 0.462 e. The average molecular weight is 909 g/mol. The molecule has 0 saturated heterocycles. The molecule has 0 fully saturated rings. The van der Waals surface area contributed by atoms with Crippen molar-refractivity contribution >= 4 is 17.9 Å². The Morgan fingerprint density at radius 3 is 0.892 bits per heavy atom. The maximum absolute atomic E-state index is 12.8. The molecule has 0 aliphatic heterocycles. The van der Waals surface area contributed by atoms with Gasteiger partial charge in [0, 0.05) is 19.3 Å². The third-order valence-corrected chi connectivity index (χ3v) is 12.0. The molecule has 0 aromatic rings. The van der Waals surface area contributed by atoms with Crippen LogP contribution in [0.25, 0.3) is 0 Å². The first kappa shape index (κ1) is 62.1. The van der Waals surface area contributed by atoms with Crippen molar-refractivity contribution in [1.82, 2.24) is 0 Å². The standard InChI is InChI=1S/C59H104O6/c1-4-7-10-13-16-19-22-25-28-29-32-35-38-41-44-47-50-53-59(62)65-56(54-63-57(60)51-48-45-42-39-36-33-30-26-23-20-17-14-11-8-5-2)55-64-58(61)52-49-46-43-40-37-34-31-27-24-21-18-15-12-9-6-3/h16-17,19-20,25-28,30-31,56H,4-15,18,21-24,29,32-55H2,1-3H3/b19-16-,20-17-,28-25-,30-26-,31-27-/t56-/m1/s1. The lowest BCUT2D eigenvalue weighted by Gasteiger charge is -2.18. The first-order valence-corrected chi connectivity index (χ1v) is 27.8. The van der Waals surface area contributed by atoms with Crippen LogP contribution < -0.4 is 0 Å². The molecule has 0 aliphatic carbocycles. The van der Waals surface area contributed by atoms with Gasteiger partial charge < -0.3 is 14.2 Å². The lowest BCUT2D eigenvalue weighted by Crippen LogP contribution is -2.30. The highest BCUT2D eigenvalue weighted by Gasteiger charge is 2.19. The zero-order valence-electron chi connectivity index (χ0n) is 43.0. The van der Waals surface area contributed by atoms with Gasteiger partial charge in [0.05, 0.1) is 0 Å². The minimum atomic E-state index is -0.787. The van der Waals surface area contributed by atoms with Gasteiger partial charge in [-0.25, -0.2) is 0 Å². The molecule has 0 aromatic carbocycles. The number of hydrogen-bond acceptors (Lipinski definition) is 6. The fourth-order valence-electron chi connectivity index (χ4n) is 7.73. The van der Waals surface area contributed by atoms with Crippen LogP contribution in [0.4, 0.5) is 0 Å². The van der Waals surface area contributed by atoms with Crippen LogP contribution in [0.15, 0.2) is 60.8 Å². The molecule has 6 nitrogen and oxygen atoms in total. The highest BCUT2D eigenvalue weighted by atomic mass is 16.6. The van der Waals surface area contributed by atoms with Crippen LogP contribution in [0, 0.1) is 0 Å². The normalized spacial score (nSPS) is 12.5. The van der Waals surface area contributed by atoms with Gasteiger partial charge in [-0.1, -0.05) is 210 Å². The van der Waals surface area contributed by atoms with Crippen LogP contribution in [0.1, 0.15) is 278 Å². The smallest absolute Gasteiger partial charge is 0.306 e. The van der Waals surface area contributed by atoms with E-state index in [2.05, 4.69) is 81.5 Å². The molecule has 6 heteroatoms. The number of carbonyl (C=O) groups excluding carboxylic acids is 3. The maximum Gasteiger partial charge on any atom is 0.306 e. The lowest BCUT2D eigenvalue weighted by molar-refractivity contribution is -0.167. The Balaban J connectivity index is 4.42. The van der Waals surface area contributed by atoms with Crippen molar-refractivity contribution in [2.75, 3.05) is 13.2 Å². The predicted molar refractivity (Wildman–Crippen MR) is 279 cm³/mol. The van der Waals surface area contributed by atoms with Crippen molar-refractivity contribution in [3.05, 3.63) is 60.8 Å². The molecular weight excluding hydrogens is 805 g/mol. The van der Waals surface area contributed by atoms with Crippen molar-refractivity contribution in [2.45, 2.75) is 284 Å². The van der Waals surface area contributed by atoms with Gasteiger partial charge >= 0.3 is 17.9 Å². The summed E-state index contributed by atoms with van der Waals surface area (Å²) in [6, 6.07) is 0. The zero-order chi connectivity index (χ0) is 47.2. The van der Waals surface area contributed by atoms with Crippen LogP contribution in [0.3, 0.4) is 0 Å². The first-order chi connectivity index (χ1) is 32.0. The van der Waals surface area contributed by atoms with E-state index >= 15 is 0 Å². The summed E-state index contributed by atoms with van der Waals surface area (Å²) in [4.78, 5) is 38.1. The van der Waals surface area contributed by atoms with Gasteiger partial charge in [-0.15, -0.1) is 0 Å². The molecule has 376 valence electrons. The SMILES string of the molecule is CCCCC/C=C\C/C=C\CCCCCCCCCC(=O)O[C@H](COC(=O)CCCCCCC/C=C\C/C=C\CCCCC)COC(=O)CCCCCCC/C=C\CCCCCCCC. The highest BCUT2D eigenvalue weighted by molar-refractivity contribution is 5.71. The van der Waals surface area contributed by atoms with E-state index in [1.54, 1.807) is 0 Å². The molecule has 0 radical (unpaired) electrons. The number of ether oxygens (including phenoxy) is 3. The fourth-order valence-corrected chi connectivity index (χ4v) is 7.73. The fraction of sp³-hybridized carbons (Fsp3) is 0.780. The summed E-state index contributed by atoms with van der Waals surface area (Å²) in [6.07, 6.45) is 66.3. The Hall–Kier alpha value is -2.89. The number of esters is 3. The number of rotatable bonds is 50. The van der Waals surface area contributed by atoms with Gasteiger partial charge in [0.1, 0.15) is 13.2 Å². The highest BCUT2D eigenvalue weighted by Crippen LogP contribution is 2.14. The quantitative estimate of drug-likeness (QED) is 0.0262. The summed E-state index contributed by atoms with van der Waals surface area (Å²) in [6.45, 7) is 6.57. The van der Waals surface area contributed by atoms with Gasteiger partial charge in [-0.05, 0) is 109 Å². The first-order valence-electron chi connectivity index (χ1n) is 27.8. The second kappa shape index (κ2) is 53.7. The monoisotopic (exact) mass is 909 g/mol. The van der Waals surface area contributed by atoms with E-state index < -0.39 is 6.10 Å². The van der Waals surface area contributed by atoms with Crippen LogP contribution in [-0.4, -0.2) is 37.2 Å². The second-order valence-corrected chi connectivity index (χ2v) is 18.5. The van der Waals surface area contributed by atoms with Crippen LogP contribution in [0.2, 0.25) is 0 Å². The van der Waals surface area contributed by atoms with Crippen LogP contribution in [0.5, 0.6) is 0 Å². The number of allylic oxidation sites excluding steroid dienone is 10. The summed E-state index contributed by atoms with van der Waals surface area (Å²) in [5, 5.41) is 0. The average Bonchev–Trinajstić information content (AvgIpc) is 3.30. The minimum absolute atomic E-state index is 0.0858. The molecule has 0 aromatic heterocycles. The lowest BCUT2D eigenvalue weighted by atomic mass is 10.1. The minimum Gasteiger partial charge on any atom is -0.462 e. The van der Waals surface area contributed by atoms with Crippen molar-refractivity contribution in [2.24, 2.45) is 0 Å². The Morgan fingerprint density at radius 2 is 0.554 bits per heavy atom. The summed E-state index contributed by atoms with van der Waals surface area (Å²) in [7, 11) is 0. The molecule has 0 aliphatic rings. The number of hydrogen-bond donors (Lipinski definition) is 0. The zero-order valence-corrected chi connectivity index (χ0v) is 43.0. The second-order valence-electron chi connectivity index (χ2n) is 18.5. The molecule has 0 spiro atoms. The maximum atomic E-state index is 12.8. The van der Waals surface area contributed by atoms with E-state index in [0.29, 0.717) is 19.3 Å². The predicted octanol–water partition coefficient (Wildman–Crippen LogP) is 18.4. The third kappa shape index (κ3) is 51.9. The summed E-state index contributed by atoms with van der Waals surface area (Å²) < 4.78 is 16.8. The Bertz CT molecular complexity index is 1180. The molecular formula is C59H104O6. The molecule has 0 amide bonds. The van der Waals surface area contributed by atoms with Crippen LogP contribution in [-0.2, 0) is 28.6 Å². The van der Waals surface area contributed by atoms with Crippen LogP contribution >= 0.6 is 0 Å². The topological polar surface area (TPSA) is 78.9 Å². The summed E-state index contributed by atoms with van der Waals surface area (Å²) in [5.74, 6) is -0.908. The van der Waals surface area contributed by atoms with E-state index in [-0.39, 0.29) is 31.1 Å². The molecule has 1 atom stereocenters. The van der Waals surface area contributed by atoms with Crippen molar-refractivity contribution in [3.8, 4) is 0 Å².